The van der Waals surface area contributed by atoms with Crippen LogP contribution >= 0.6 is 11.3 Å². The lowest BCUT2D eigenvalue weighted by Gasteiger charge is -2.24. The van der Waals surface area contributed by atoms with Crippen LogP contribution in [0.15, 0.2) is 63.3 Å². The van der Waals surface area contributed by atoms with E-state index in [0.29, 0.717) is 22.4 Å². The highest BCUT2D eigenvalue weighted by atomic mass is 32.1. The molecule has 0 unspecified atom stereocenters. The van der Waals surface area contributed by atoms with Gasteiger partial charge in [-0.3, -0.25) is 9.59 Å². The first kappa shape index (κ1) is 18.4. The lowest BCUT2D eigenvalue weighted by Crippen LogP contribution is -2.21. The fourth-order valence-electron chi connectivity index (χ4n) is 3.83. The number of hydrogen-bond acceptors (Lipinski definition) is 7. The van der Waals surface area contributed by atoms with E-state index in [1.54, 1.807) is 31.4 Å². The predicted octanol–water partition coefficient (Wildman–Crippen LogP) is 4.68. The van der Waals surface area contributed by atoms with Gasteiger partial charge in [0.2, 0.25) is 5.43 Å². The monoisotopic (exact) mass is 420 g/mol. The molecule has 1 N–H and O–H groups in total. The first-order chi connectivity index (χ1) is 14.6. The van der Waals surface area contributed by atoms with Crippen molar-refractivity contribution in [3.05, 3.63) is 74.8 Å². The Morgan fingerprint density at radius 1 is 1.17 bits per heavy atom. The summed E-state index contributed by atoms with van der Waals surface area (Å²) in [5, 5.41) is 12.6. The number of benzene rings is 2. The van der Waals surface area contributed by atoms with Gasteiger partial charge in [-0.2, -0.15) is 0 Å². The minimum absolute atomic E-state index is 0.0709. The average molecular weight is 420 g/mol. The summed E-state index contributed by atoms with van der Waals surface area (Å²) in [6.45, 7) is 0. The van der Waals surface area contributed by atoms with Crippen molar-refractivity contribution in [2.24, 2.45) is 0 Å². The van der Waals surface area contributed by atoms with Crippen molar-refractivity contribution in [1.82, 2.24) is 0 Å². The highest BCUT2D eigenvalue weighted by molar-refractivity contribution is 7.10. The van der Waals surface area contributed by atoms with Gasteiger partial charge in [0.25, 0.3) is 0 Å². The number of phenolic OH excluding ortho intramolecular Hbond substituents is 1. The Hall–Kier alpha value is -3.58. The zero-order valence-corrected chi connectivity index (χ0v) is 16.7. The summed E-state index contributed by atoms with van der Waals surface area (Å²) in [7, 11) is 1.57. The van der Waals surface area contributed by atoms with Gasteiger partial charge in [0.1, 0.15) is 34.5 Å². The van der Waals surface area contributed by atoms with E-state index in [4.69, 9.17) is 13.9 Å². The van der Waals surface area contributed by atoms with E-state index in [1.807, 2.05) is 17.5 Å². The normalized spacial score (nSPS) is 15.6. The molecular formula is C23H16O6S. The van der Waals surface area contributed by atoms with Gasteiger partial charge in [-0.25, -0.2) is 0 Å². The number of fused-ring (bicyclic) bond motifs is 3. The smallest absolute Gasteiger partial charge is 0.312 e. The molecule has 150 valence electrons. The largest absolute Gasteiger partial charge is 0.507 e. The molecule has 5 rings (SSSR count). The molecule has 0 bridgehead atoms. The Balaban J connectivity index is 1.75. The summed E-state index contributed by atoms with van der Waals surface area (Å²) in [4.78, 5) is 26.4. The molecule has 7 heteroatoms. The Labute approximate surface area is 174 Å². The van der Waals surface area contributed by atoms with E-state index in [0.717, 1.165) is 4.88 Å². The van der Waals surface area contributed by atoms with Crippen LogP contribution in [0.5, 0.6) is 17.2 Å². The van der Waals surface area contributed by atoms with E-state index in [1.165, 1.54) is 23.7 Å². The van der Waals surface area contributed by atoms with Crippen LogP contribution in [0.4, 0.5) is 0 Å². The van der Waals surface area contributed by atoms with Gasteiger partial charge in [0.15, 0.2) is 0 Å². The third kappa shape index (κ3) is 2.86. The molecule has 0 fully saturated rings. The van der Waals surface area contributed by atoms with E-state index in [2.05, 4.69) is 0 Å². The molecule has 1 aliphatic rings. The molecule has 0 saturated heterocycles. The number of aromatic hydroxyl groups is 1. The zero-order chi connectivity index (χ0) is 20.8. The van der Waals surface area contributed by atoms with Crippen molar-refractivity contribution < 1.29 is 23.8 Å². The minimum Gasteiger partial charge on any atom is -0.507 e. The summed E-state index contributed by atoms with van der Waals surface area (Å²) in [6, 6.07) is 12.2. The molecule has 0 radical (unpaired) electrons. The SMILES string of the molecule is COc1ccc(-c2coc3c4c(cc(O)c3c2=O)OC(=O)C[C@H]4c2cccs2)cc1. The fourth-order valence-corrected chi connectivity index (χ4v) is 4.67. The molecule has 6 nitrogen and oxygen atoms in total. The third-order valence-corrected chi connectivity index (χ3v) is 6.24. The summed E-state index contributed by atoms with van der Waals surface area (Å²) in [5.41, 5.74) is 1.44. The number of ether oxygens (including phenoxy) is 2. The second kappa shape index (κ2) is 7.03. The highest BCUT2D eigenvalue weighted by Gasteiger charge is 2.34. The molecule has 30 heavy (non-hydrogen) atoms. The summed E-state index contributed by atoms with van der Waals surface area (Å²) < 4.78 is 16.4. The molecule has 0 saturated carbocycles. The number of phenols is 1. The number of methoxy groups -OCH3 is 1. The van der Waals surface area contributed by atoms with Crippen LogP contribution in [0, 0.1) is 0 Å². The van der Waals surface area contributed by atoms with E-state index < -0.39 is 5.97 Å². The van der Waals surface area contributed by atoms with Crippen molar-refractivity contribution in [2.75, 3.05) is 7.11 Å². The topological polar surface area (TPSA) is 86.0 Å². The molecule has 3 heterocycles. The molecule has 2 aromatic carbocycles. The Morgan fingerprint density at radius 3 is 2.67 bits per heavy atom. The van der Waals surface area contributed by atoms with Crippen LogP contribution in [-0.2, 0) is 4.79 Å². The van der Waals surface area contributed by atoms with Crippen LogP contribution in [-0.4, -0.2) is 18.2 Å². The maximum absolute atomic E-state index is 13.3. The van der Waals surface area contributed by atoms with Crippen LogP contribution in [0.1, 0.15) is 22.8 Å². The Morgan fingerprint density at radius 2 is 1.97 bits per heavy atom. The quantitative estimate of drug-likeness (QED) is 0.383. The molecule has 0 spiro atoms. The van der Waals surface area contributed by atoms with Crippen molar-refractivity contribution in [3.63, 3.8) is 0 Å². The standard InChI is InChI=1S/C23H16O6S/c1-27-13-6-4-12(5-7-13)15-11-28-23-20-14(18-3-2-8-30-18)9-19(25)29-17(20)10-16(24)21(23)22(15)26/h2-8,10-11,14,24H,9H2,1H3/t14-/m0/s1. The summed E-state index contributed by atoms with van der Waals surface area (Å²) >= 11 is 1.51. The maximum atomic E-state index is 13.3. The lowest BCUT2D eigenvalue weighted by molar-refractivity contribution is -0.135. The van der Waals surface area contributed by atoms with Crippen LogP contribution in [0.25, 0.3) is 22.1 Å². The predicted molar refractivity (Wildman–Crippen MR) is 113 cm³/mol. The molecule has 2 aromatic heterocycles. The summed E-state index contributed by atoms with van der Waals surface area (Å²) in [6.07, 6.45) is 1.52. The number of thiophene rings is 1. The maximum Gasteiger partial charge on any atom is 0.312 e. The fraction of sp³-hybridized carbons (Fsp3) is 0.130. The van der Waals surface area contributed by atoms with Gasteiger partial charge >= 0.3 is 5.97 Å². The minimum atomic E-state index is -0.392. The number of hydrogen-bond donors (Lipinski definition) is 1. The van der Waals surface area contributed by atoms with Crippen molar-refractivity contribution in [2.45, 2.75) is 12.3 Å². The van der Waals surface area contributed by atoms with Gasteiger partial charge in [-0.1, -0.05) is 18.2 Å². The second-order valence-corrected chi connectivity index (χ2v) is 7.94. The molecule has 1 aliphatic heterocycles. The molecule has 0 aliphatic carbocycles. The number of esters is 1. The van der Waals surface area contributed by atoms with Crippen molar-refractivity contribution in [1.29, 1.82) is 0 Å². The molecule has 1 atom stereocenters. The number of rotatable bonds is 3. The number of carbonyl (C=O) groups excluding carboxylic acids is 1. The van der Waals surface area contributed by atoms with Crippen LogP contribution < -0.4 is 14.9 Å². The molecule has 0 amide bonds. The highest BCUT2D eigenvalue weighted by Crippen LogP contribution is 2.46. The van der Waals surface area contributed by atoms with Gasteiger partial charge in [0.05, 0.1) is 19.1 Å². The third-order valence-electron chi connectivity index (χ3n) is 5.26. The van der Waals surface area contributed by atoms with Crippen LogP contribution in [0.3, 0.4) is 0 Å². The van der Waals surface area contributed by atoms with E-state index in [9.17, 15) is 14.7 Å². The van der Waals surface area contributed by atoms with Crippen molar-refractivity contribution in [3.8, 4) is 28.4 Å². The molecule has 4 aromatic rings. The Kier molecular flexibility index (Phi) is 4.33. The van der Waals surface area contributed by atoms with Gasteiger partial charge in [0, 0.05) is 22.4 Å². The van der Waals surface area contributed by atoms with E-state index >= 15 is 0 Å². The van der Waals surface area contributed by atoms with Crippen molar-refractivity contribution >= 4 is 28.3 Å². The molecular weight excluding hydrogens is 404 g/mol. The average Bonchev–Trinajstić information content (AvgIpc) is 3.28. The van der Waals surface area contributed by atoms with Gasteiger partial charge < -0.3 is 19.0 Å². The summed E-state index contributed by atoms with van der Waals surface area (Å²) in [5.74, 6) is -0.0971. The van der Waals surface area contributed by atoms with Gasteiger partial charge in [-0.05, 0) is 29.1 Å². The first-order valence-corrected chi connectivity index (χ1v) is 10.1. The van der Waals surface area contributed by atoms with E-state index in [-0.39, 0.29) is 40.2 Å². The van der Waals surface area contributed by atoms with Crippen LogP contribution in [0.2, 0.25) is 0 Å². The lowest BCUT2D eigenvalue weighted by atomic mass is 9.89. The second-order valence-electron chi connectivity index (χ2n) is 6.96. The zero-order valence-electron chi connectivity index (χ0n) is 15.9. The van der Waals surface area contributed by atoms with Gasteiger partial charge in [-0.15, -0.1) is 11.3 Å². The number of carbonyl (C=O) groups is 1. The first-order valence-electron chi connectivity index (χ1n) is 9.26. The Bertz CT molecular complexity index is 1320.